The van der Waals surface area contributed by atoms with Gasteiger partial charge in [0.25, 0.3) is 0 Å². The summed E-state index contributed by atoms with van der Waals surface area (Å²) in [6.45, 7) is 5.89. The van der Waals surface area contributed by atoms with E-state index in [0.717, 1.165) is 12.3 Å². The zero-order valence-electron chi connectivity index (χ0n) is 17.4. The molecule has 2 saturated carbocycles. The predicted octanol–water partition coefficient (Wildman–Crippen LogP) is 3.47. The minimum absolute atomic E-state index is 0.236. The van der Waals surface area contributed by atoms with Crippen molar-refractivity contribution >= 4 is 15.7 Å². The molecule has 1 aromatic rings. The normalized spacial score (nSPS) is 35.5. The number of benzene rings is 1. The molecule has 156 valence electrons. The molecule has 6 heteroatoms. The van der Waals surface area contributed by atoms with Gasteiger partial charge < -0.3 is 9.64 Å². The van der Waals surface area contributed by atoms with Gasteiger partial charge in [0, 0.05) is 37.8 Å². The highest BCUT2D eigenvalue weighted by atomic mass is 32.2. The third-order valence-electron chi connectivity index (χ3n) is 7.54. The van der Waals surface area contributed by atoms with Gasteiger partial charge in [-0.3, -0.25) is 4.72 Å². The highest BCUT2D eigenvalue weighted by Crippen LogP contribution is 2.65. The summed E-state index contributed by atoms with van der Waals surface area (Å²) < 4.78 is 31.3. The lowest BCUT2D eigenvalue weighted by molar-refractivity contribution is 0.0500. The molecule has 1 aliphatic heterocycles. The van der Waals surface area contributed by atoms with Crippen LogP contribution in [0.3, 0.4) is 0 Å². The number of fused-ring (bicyclic) bond motifs is 1. The molecule has 3 fully saturated rings. The van der Waals surface area contributed by atoms with Gasteiger partial charge in [-0.15, -0.1) is 0 Å². The fourth-order valence-corrected chi connectivity index (χ4v) is 6.68. The number of methoxy groups -OCH3 is 1. The van der Waals surface area contributed by atoms with Crippen LogP contribution < -0.4 is 4.72 Å². The van der Waals surface area contributed by atoms with E-state index in [2.05, 4.69) is 28.7 Å². The second kappa shape index (κ2) is 7.62. The average molecular weight is 407 g/mol. The van der Waals surface area contributed by atoms with Crippen molar-refractivity contribution in [3.8, 4) is 0 Å². The molecule has 4 rings (SSSR count). The molecule has 2 unspecified atom stereocenters. The fraction of sp³-hybridized carbons (Fsp3) is 0.727. The standard InChI is InChI=1S/C22H34N2O3S/c1-4-22(17-6-5-7-18(12-17)23-28(3,25)26)20-14-24(15-21(20)22)13-16-8-10-19(27-2)11-9-16/h5-7,12,16,19-21,23H,4,8-11,13-15H2,1-3H3. The quantitative estimate of drug-likeness (QED) is 0.753. The molecule has 1 N–H and O–H groups in total. The smallest absolute Gasteiger partial charge is 0.229 e. The fourth-order valence-electron chi connectivity index (χ4n) is 6.12. The topological polar surface area (TPSA) is 58.6 Å². The van der Waals surface area contributed by atoms with Crippen molar-refractivity contribution < 1.29 is 13.2 Å². The van der Waals surface area contributed by atoms with E-state index in [1.54, 1.807) is 0 Å². The van der Waals surface area contributed by atoms with Gasteiger partial charge in [0.05, 0.1) is 12.4 Å². The summed E-state index contributed by atoms with van der Waals surface area (Å²) in [5.74, 6) is 2.24. The number of ether oxygens (including phenoxy) is 1. The zero-order chi connectivity index (χ0) is 19.9. The number of piperidine rings is 1. The number of sulfonamides is 1. The SMILES string of the molecule is CCC1(c2cccc(NS(C)(=O)=O)c2)C2CN(CC3CCC(OC)CC3)CC21. The Morgan fingerprint density at radius 1 is 1.18 bits per heavy atom. The lowest BCUT2D eigenvalue weighted by atomic mass is 9.85. The molecule has 1 saturated heterocycles. The summed E-state index contributed by atoms with van der Waals surface area (Å²) in [6.07, 6.45) is 7.81. The Bertz CT molecular complexity index is 790. The first kappa shape index (κ1) is 20.2. The molecule has 28 heavy (non-hydrogen) atoms. The predicted molar refractivity (Wildman–Crippen MR) is 113 cm³/mol. The zero-order valence-corrected chi connectivity index (χ0v) is 18.2. The third-order valence-corrected chi connectivity index (χ3v) is 8.15. The molecule has 0 aromatic heterocycles. The van der Waals surface area contributed by atoms with Crippen LogP contribution in [0.5, 0.6) is 0 Å². The van der Waals surface area contributed by atoms with Crippen LogP contribution in [-0.2, 0) is 20.2 Å². The number of nitrogens with one attached hydrogen (secondary N) is 1. The van der Waals surface area contributed by atoms with Crippen LogP contribution in [0.1, 0.15) is 44.6 Å². The molecule has 2 aliphatic carbocycles. The number of likely N-dealkylation sites (tertiary alicyclic amines) is 1. The highest BCUT2D eigenvalue weighted by Gasteiger charge is 2.67. The van der Waals surface area contributed by atoms with Crippen LogP contribution >= 0.6 is 0 Å². The Morgan fingerprint density at radius 2 is 1.86 bits per heavy atom. The largest absolute Gasteiger partial charge is 0.381 e. The second-order valence-electron chi connectivity index (χ2n) is 9.16. The molecule has 0 spiro atoms. The number of hydrogen-bond acceptors (Lipinski definition) is 4. The van der Waals surface area contributed by atoms with Crippen molar-refractivity contribution in [1.29, 1.82) is 0 Å². The van der Waals surface area contributed by atoms with Gasteiger partial charge in [-0.25, -0.2) is 8.42 Å². The van der Waals surface area contributed by atoms with Gasteiger partial charge >= 0.3 is 0 Å². The minimum atomic E-state index is -3.24. The second-order valence-corrected chi connectivity index (χ2v) is 10.9. The van der Waals surface area contributed by atoms with Crippen LogP contribution in [0, 0.1) is 17.8 Å². The first-order valence-corrected chi connectivity index (χ1v) is 12.6. The van der Waals surface area contributed by atoms with Crippen LogP contribution in [0.4, 0.5) is 5.69 Å². The molecule has 5 nitrogen and oxygen atoms in total. The Kier molecular flexibility index (Phi) is 5.49. The lowest BCUT2D eigenvalue weighted by Crippen LogP contribution is -2.35. The maximum atomic E-state index is 11.6. The molecule has 1 heterocycles. The molecule has 2 atom stereocenters. The first-order chi connectivity index (χ1) is 13.4. The maximum Gasteiger partial charge on any atom is 0.229 e. The summed E-state index contributed by atoms with van der Waals surface area (Å²) in [5.41, 5.74) is 2.22. The Balaban J connectivity index is 1.38. The van der Waals surface area contributed by atoms with Gasteiger partial charge in [-0.2, -0.15) is 0 Å². The molecule has 3 aliphatic rings. The van der Waals surface area contributed by atoms with Crippen molar-refractivity contribution in [2.24, 2.45) is 17.8 Å². The van der Waals surface area contributed by atoms with Crippen LogP contribution in [0.15, 0.2) is 24.3 Å². The Morgan fingerprint density at radius 3 is 2.43 bits per heavy atom. The summed E-state index contributed by atoms with van der Waals surface area (Å²) in [5, 5.41) is 0. The monoisotopic (exact) mass is 406 g/mol. The van der Waals surface area contributed by atoms with E-state index in [9.17, 15) is 8.42 Å². The van der Waals surface area contributed by atoms with Crippen molar-refractivity contribution in [3.05, 3.63) is 29.8 Å². The van der Waals surface area contributed by atoms with Gasteiger partial charge in [0.15, 0.2) is 0 Å². The number of nitrogens with zero attached hydrogens (tertiary/aromatic N) is 1. The van der Waals surface area contributed by atoms with Crippen LogP contribution in [0.2, 0.25) is 0 Å². The van der Waals surface area contributed by atoms with Crippen LogP contribution in [-0.4, -0.2) is 52.4 Å². The van der Waals surface area contributed by atoms with E-state index in [1.165, 1.54) is 57.1 Å². The van der Waals surface area contributed by atoms with E-state index in [0.29, 0.717) is 23.6 Å². The van der Waals surface area contributed by atoms with Gasteiger partial charge in [-0.1, -0.05) is 19.1 Å². The summed E-state index contributed by atoms with van der Waals surface area (Å²) in [4.78, 5) is 2.68. The Hall–Kier alpha value is -1.11. The summed E-state index contributed by atoms with van der Waals surface area (Å²) >= 11 is 0. The van der Waals surface area contributed by atoms with Gasteiger partial charge in [0.1, 0.15) is 0 Å². The van der Waals surface area contributed by atoms with E-state index < -0.39 is 10.0 Å². The number of hydrogen-bond donors (Lipinski definition) is 1. The van der Waals surface area contributed by atoms with E-state index in [1.807, 2.05) is 19.2 Å². The van der Waals surface area contributed by atoms with Crippen molar-refractivity contribution in [1.82, 2.24) is 4.90 Å². The van der Waals surface area contributed by atoms with Gasteiger partial charge in [-0.05, 0) is 67.6 Å². The van der Waals surface area contributed by atoms with E-state index in [-0.39, 0.29) is 5.41 Å². The molecule has 0 bridgehead atoms. The maximum absolute atomic E-state index is 11.6. The average Bonchev–Trinajstić information content (AvgIpc) is 3.04. The Labute approximate surface area is 169 Å². The van der Waals surface area contributed by atoms with E-state index >= 15 is 0 Å². The summed E-state index contributed by atoms with van der Waals surface area (Å²) in [7, 11) is -1.41. The van der Waals surface area contributed by atoms with Crippen molar-refractivity contribution in [3.63, 3.8) is 0 Å². The first-order valence-electron chi connectivity index (χ1n) is 10.7. The number of rotatable bonds is 7. The minimum Gasteiger partial charge on any atom is -0.381 e. The van der Waals surface area contributed by atoms with E-state index in [4.69, 9.17) is 4.74 Å². The van der Waals surface area contributed by atoms with Crippen molar-refractivity contribution in [2.75, 3.05) is 37.7 Å². The molecule has 0 radical (unpaired) electrons. The molecule has 1 aromatic carbocycles. The molecular weight excluding hydrogens is 372 g/mol. The van der Waals surface area contributed by atoms with Crippen molar-refractivity contribution in [2.45, 2.75) is 50.5 Å². The third kappa shape index (κ3) is 3.83. The number of anilines is 1. The highest BCUT2D eigenvalue weighted by molar-refractivity contribution is 7.92. The lowest BCUT2D eigenvalue weighted by Gasteiger charge is -2.33. The molecular formula is C22H34N2O3S. The van der Waals surface area contributed by atoms with Crippen LogP contribution in [0.25, 0.3) is 0 Å². The summed E-state index contributed by atoms with van der Waals surface area (Å²) in [6, 6.07) is 8.07. The van der Waals surface area contributed by atoms with Gasteiger partial charge in [0.2, 0.25) is 10.0 Å². The molecule has 0 amide bonds.